The van der Waals surface area contributed by atoms with E-state index in [4.69, 9.17) is 10.2 Å². The van der Waals surface area contributed by atoms with Crippen LogP contribution >= 0.6 is 0 Å². The highest BCUT2D eigenvalue weighted by Gasteiger charge is 2.23. The van der Waals surface area contributed by atoms with Gasteiger partial charge in [0.15, 0.2) is 6.10 Å². The largest absolute Gasteiger partial charge is 0.481 e. The van der Waals surface area contributed by atoms with Gasteiger partial charge < -0.3 is 10.2 Å². The number of carboxylic acids is 1. The Labute approximate surface area is 81.4 Å². The first-order valence-corrected chi connectivity index (χ1v) is 4.02. The van der Waals surface area contributed by atoms with Crippen molar-refractivity contribution in [1.82, 2.24) is 0 Å². The maximum atomic E-state index is 10.9. The topological polar surface area (TPSA) is 93.1 Å². The molecule has 14 heavy (non-hydrogen) atoms. The normalized spacial score (nSPS) is 13.4. The molecule has 82 valence electrons. The van der Waals surface area contributed by atoms with Crippen LogP contribution in [-0.2, 0) is 19.4 Å². The summed E-state index contributed by atoms with van der Waals surface area (Å²) in [6.07, 6.45) is -2.40. The molecule has 1 unspecified atom stereocenters. The van der Waals surface area contributed by atoms with Crippen molar-refractivity contribution in [1.29, 1.82) is 0 Å². The summed E-state index contributed by atoms with van der Waals surface area (Å²) >= 11 is 0. The van der Waals surface area contributed by atoms with Crippen LogP contribution in [0.2, 0.25) is 0 Å². The number of hydrogen-bond acceptors (Lipinski definition) is 5. The number of hydrogen-bond donors (Lipinski definition) is 2. The highest BCUT2D eigenvalue weighted by atomic mass is 17.2. The number of rotatable bonds is 4. The van der Waals surface area contributed by atoms with E-state index in [-0.39, 0.29) is 0 Å². The predicted octanol–water partition coefficient (Wildman–Crippen LogP) is 0.0953. The third kappa shape index (κ3) is 6.38. The monoisotopic (exact) mass is 206 g/mol. The maximum absolute atomic E-state index is 10.9. The number of carboxylic acid groups (broad SMARTS) is 1. The van der Waals surface area contributed by atoms with Crippen LogP contribution in [0.15, 0.2) is 0 Å². The Morgan fingerprint density at radius 2 is 1.86 bits per heavy atom. The molecule has 0 amide bonds. The Morgan fingerprint density at radius 1 is 1.36 bits per heavy atom. The second-order valence-corrected chi connectivity index (χ2v) is 3.71. The van der Waals surface area contributed by atoms with Gasteiger partial charge in [-0.25, -0.2) is 4.79 Å². The van der Waals surface area contributed by atoms with Crippen molar-refractivity contribution in [2.24, 2.45) is 0 Å². The van der Waals surface area contributed by atoms with E-state index in [1.165, 1.54) is 0 Å². The fourth-order valence-electron chi connectivity index (χ4n) is 0.470. The van der Waals surface area contributed by atoms with Gasteiger partial charge in [-0.2, -0.15) is 4.89 Å². The summed E-state index contributed by atoms with van der Waals surface area (Å²) in [4.78, 5) is 29.8. The van der Waals surface area contributed by atoms with E-state index >= 15 is 0 Å². The quantitative estimate of drug-likeness (QED) is 0.500. The van der Waals surface area contributed by atoms with E-state index in [0.29, 0.717) is 0 Å². The molecule has 0 aromatic carbocycles. The van der Waals surface area contributed by atoms with Gasteiger partial charge in [-0.05, 0) is 20.8 Å². The average molecular weight is 206 g/mol. The summed E-state index contributed by atoms with van der Waals surface area (Å²) in [6, 6.07) is 0. The van der Waals surface area contributed by atoms with Gasteiger partial charge in [0.25, 0.3) is 0 Å². The van der Waals surface area contributed by atoms with Crippen LogP contribution in [0.3, 0.4) is 0 Å². The Balaban J connectivity index is 3.91. The van der Waals surface area contributed by atoms with Gasteiger partial charge in [0.05, 0.1) is 6.42 Å². The fraction of sp³-hybridized carbons (Fsp3) is 0.750. The highest BCUT2D eigenvalue weighted by molar-refractivity contribution is 5.80. The van der Waals surface area contributed by atoms with Crippen LogP contribution in [0.1, 0.15) is 27.2 Å². The smallest absolute Gasteiger partial charge is 0.371 e. The molecule has 0 aliphatic carbocycles. The lowest BCUT2D eigenvalue weighted by molar-refractivity contribution is -0.324. The lowest BCUT2D eigenvalue weighted by atomic mass is 10.2. The van der Waals surface area contributed by atoms with Gasteiger partial charge in [-0.1, -0.05) is 0 Å². The standard InChI is InChI=1S/C8H14O6/c1-8(2,3)14-13-7(12)5(9)4-6(10)11/h5,9H,4H2,1-3H3,(H,10,11). The predicted molar refractivity (Wildman–Crippen MR) is 45.2 cm³/mol. The molecule has 0 heterocycles. The molecule has 0 aromatic rings. The molecule has 0 aliphatic heterocycles. The summed E-state index contributed by atoms with van der Waals surface area (Å²) in [6.45, 7) is 4.93. The van der Waals surface area contributed by atoms with Gasteiger partial charge in [-0.3, -0.25) is 9.68 Å². The van der Waals surface area contributed by atoms with Crippen LogP contribution in [0.25, 0.3) is 0 Å². The first-order valence-electron chi connectivity index (χ1n) is 4.02. The summed E-state index contributed by atoms with van der Waals surface area (Å²) in [7, 11) is 0. The number of carbonyl (C=O) groups is 2. The molecule has 0 spiro atoms. The third-order valence-corrected chi connectivity index (χ3v) is 1.01. The van der Waals surface area contributed by atoms with E-state index in [1.54, 1.807) is 20.8 Å². The van der Waals surface area contributed by atoms with Crippen LogP contribution < -0.4 is 0 Å². The molecule has 6 heteroatoms. The van der Waals surface area contributed by atoms with Crippen LogP contribution in [-0.4, -0.2) is 33.9 Å². The molecule has 0 aromatic heterocycles. The molecule has 0 bridgehead atoms. The molecule has 0 aliphatic rings. The molecule has 0 radical (unpaired) electrons. The lowest BCUT2D eigenvalue weighted by Crippen LogP contribution is -2.29. The number of aliphatic carboxylic acids is 1. The Hall–Kier alpha value is -1.14. The van der Waals surface area contributed by atoms with E-state index in [0.717, 1.165) is 0 Å². The minimum absolute atomic E-state index is 0.696. The van der Waals surface area contributed by atoms with Crippen LogP contribution in [0.5, 0.6) is 0 Å². The molecule has 0 saturated carbocycles. The van der Waals surface area contributed by atoms with Gasteiger partial charge in [0.2, 0.25) is 0 Å². The van der Waals surface area contributed by atoms with E-state index in [9.17, 15) is 9.59 Å². The second-order valence-electron chi connectivity index (χ2n) is 3.71. The van der Waals surface area contributed by atoms with Gasteiger partial charge in [0, 0.05) is 0 Å². The number of aliphatic hydroxyl groups is 1. The van der Waals surface area contributed by atoms with Crippen molar-refractivity contribution in [2.75, 3.05) is 0 Å². The lowest BCUT2D eigenvalue weighted by Gasteiger charge is -2.17. The van der Waals surface area contributed by atoms with Crippen molar-refractivity contribution < 1.29 is 29.6 Å². The molecule has 2 N–H and O–H groups in total. The van der Waals surface area contributed by atoms with Crippen molar-refractivity contribution in [3.8, 4) is 0 Å². The Kier molecular flexibility index (Phi) is 4.52. The van der Waals surface area contributed by atoms with Gasteiger partial charge in [-0.15, -0.1) is 0 Å². The molecular formula is C8H14O6. The Morgan fingerprint density at radius 3 is 2.21 bits per heavy atom. The molecular weight excluding hydrogens is 192 g/mol. The molecule has 0 fully saturated rings. The summed E-state index contributed by atoms with van der Waals surface area (Å²) in [5.74, 6) is -2.40. The maximum Gasteiger partial charge on any atom is 0.371 e. The number of carbonyl (C=O) groups excluding carboxylic acids is 1. The summed E-state index contributed by atoms with van der Waals surface area (Å²) in [5.41, 5.74) is -0.696. The van der Waals surface area contributed by atoms with Crippen molar-refractivity contribution in [3.63, 3.8) is 0 Å². The van der Waals surface area contributed by atoms with Crippen molar-refractivity contribution >= 4 is 11.9 Å². The van der Waals surface area contributed by atoms with Crippen molar-refractivity contribution in [3.05, 3.63) is 0 Å². The van der Waals surface area contributed by atoms with Crippen molar-refractivity contribution in [2.45, 2.75) is 38.9 Å². The van der Waals surface area contributed by atoms with E-state index < -0.39 is 30.1 Å². The average Bonchev–Trinajstić information content (AvgIpc) is 1.97. The van der Waals surface area contributed by atoms with E-state index in [2.05, 4.69) is 9.78 Å². The Bertz CT molecular complexity index is 216. The summed E-state index contributed by atoms with van der Waals surface area (Å²) in [5, 5.41) is 17.2. The van der Waals surface area contributed by atoms with Crippen LogP contribution in [0, 0.1) is 0 Å². The minimum Gasteiger partial charge on any atom is -0.481 e. The zero-order chi connectivity index (χ0) is 11.4. The SMILES string of the molecule is CC(C)(C)OOC(=O)C(O)CC(=O)O. The first kappa shape index (κ1) is 12.9. The third-order valence-electron chi connectivity index (χ3n) is 1.01. The minimum atomic E-state index is -1.70. The fourth-order valence-corrected chi connectivity index (χ4v) is 0.470. The van der Waals surface area contributed by atoms with E-state index in [1.807, 2.05) is 0 Å². The van der Waals surface area contributed by atoms with Crippen LogP contribution in [0.4, 0.5) is 0 Å². The molecule has 0 rings (SSSR count). The first-order chi connectivity index (χ1) is 6.22. The zero-order valence-corrected chi connectivity index (χ0v) is 8.31. The molecule has 6 nitrogen and oxygen atoms in total. The zero-order valence-electron chi connectivity index (χ0n) is 8.31. The van der Waals surface area contributed by atoms with Gasteiger partial charge in [0.1, 0.15) is 5.60 Å². The number of aliphatic hydroxyl groups excluding tert-OH is 1. The summed E-state index contributed by atoms with van der Waals surface area (Å²) < 4.78 is 0. The molecule has 0 saturated heterocycles. The second kappa shape index (κ2) is 4.92. The highest BCUT2D eigenvalue weighted by Crippen LogP contribution is 2.08. The van der Waals surface area contributed by atoms with Gasteiger partial charge >= 0.3 is 11.9 Å². The molecule has 1 atom stereocenters.